The molecule has 2 N–H and O–H groups in total. The van der Waals surface area contributed by atoms with Crippen molar-refractivity contribution in [2.75, 3.05) is 44.7 Å². The SMILES string of the molecule is CCc1nncn1CCNC(=NCC(c1ccccc1)N1CCCC1)NCCCSC.I. The van der Waals surface area contributed by atoms with E-state index in [0.29, 0.717) is 6.04 Å². The Hall–Kier alpha value is -1.33. The van der Waals surface area contributed by atoms with Crippen LogP contribution in [0.2, 0.25) is 0 Å². The molecule has 0 saturated carbocycles. The first-order valence-corrected chi connectivity index (χ1v) is 12.9. The van der Waals surface area contributed by atoms with E-state index in [1.54, 1.807) is 0 Å². The lowest BCUT2D eigenvalue weighted by molar-refractivity contribution is 0.251. The van der Waals surface area contributed by atoms with Crippen molar-refractivity contribution in [1.29, 1.82) is 0 Å². The number of guanidine groups is 1. The maximum absolute atomic E-state index is 5.01. The number of benzene rings is 1. The lowest BCUT2D eigenvalue weighted by atomic mass is 10.1. The van der Waals surface area contributed by atoms with Crippen LogP contribution in [0, 0.1) is 0 Å². The molecule has 1 atom stereocenters. The summed E-state index contributed by atoms with van der Waals surface area (Å²) in [6, 6.07) is 11.1. The molecule has 0 radical (unpaired) electrons. The fraction of sp³-hybridized carbons (Fsp3) is 0.609. The van der Waals surface area contributed by atoms with Crippen LogP contribution < -0.4 is 10.6 Å². The van der Waals surface area contributed by atoms with Crippen LogP contribution in [-0.2, 0) is 13.0 Å². The van der Waals surface area contributed by atoms with E-state index in [1.807, 2.05) is 18.1 Å². The molecule has 178 valence electrons. The molecule has 1 saturated heterocycles. The number of aliphatic imine (C=N–C) groups is 1. The number of halogens is 1. The number of hydrogen-bond donors (Lipinski definition) is 2. The van der Waals surface area contributed by atoms with Gasteiger partial charge < -0.3 is 15.2 Å². The van der Waals surface area contributed by atoms with Gasteiger partial charge in [-0.15, -0.1) is 34.2 Å². The summed E-state index contributed by atoms with van der Waals surface area (Å²) in [4.78, 5) is 7.59. The number of rotatable bonds is 12. The van der Waals surface area contributed by atoms with Gasteiger partial charge in [-0.05, 0) is 49.9 Å². The molecule has 32 heavy (non-hydrogen) atoms. The minimum atomic E-state index is 0. The van der Waals surface area contributed by atoms with Crippen molar-refractivity contribution in [3.8, 4) is 0 Å². The van der Waals surface area contributed by atoms with E-state index >= 15 is 0 Å². The molecular weight excluding hydrogens is 533 g/mol. The number of aromatic nitrogens is 3. The number of likely N-dealkylation sites (tertiary alicyclic amines) is 1. The van der Waals surface area contributed by atoms with Gasteiger partial charge in [0.2, 0.25) is 0 Å². The molecular formula is C23H38IN7S. The number of thioether (sulfide) groups is 1. The highest BCUT2D eigenvalue weighted by molar-refractivity contribution is 14.0. The van der Waals surface area contributed by atoms with Gasteiger partial charge in [0.25, 0.3) is 0 Å². The summed E-state index contributed by atoms with van der Waals surface area (Å²) in [5.74, 6) is 3.07. The Labute approximate surface area is 214 Å². The monoisotopic (exact) mass is 571 g/mol. The number of nitrogens with zero attached hydrogens (tertiary/aromatic N) is 5. The Morgan fingerprint density at radius 2 is 1.91 bits per heavy atom. The molecule has 0 bridgehead atoms. The second-order valence-electron chi connectivity index (χ2n) is 7.85. The van der Waals surface area contributed by atoms with Gasteiger partial charge in [-0.1, -0.05) is 37.3 Å². The molecule has 1 aliphatic rings. The van der Waals surface area contributed by atoms with Gasteiger partial charge in [-0.25, -0.2) is 0 Å². The summed E-state index contributed by atoms with van der Waals surface area (Å²) in [7, 11) is 0. The third kappa shape index (κ3) is 8.55. The van der Waals surface area contributed by atoms with Crippen LogP contribution in [0.25, 0.3) is 0 Å². The first kappa shape index (κ1) is 26.9. The minimum absolute atomic E-state index is 0. The van der Waals surface area contributed by atoms with E-state index in [4.69, 9.17) is 4.99 Å². The second kappa shape index (κ2) is 15.5. The smallest absolute Gasteiger partial charge is 0.191 e. The van der Waals surface area contributed by atoms with Crippen molar-refractivity contribution < 1.29 is 0 Å². The largest absolute Gasteiger partial charge is 0.356 e. The molecule has 1 fully saturated rings. The van der Waals surface area contributed by atoms with Gasteiger partial charge >= 0.3 is 0 Å². The van der Waals surface area contributed by atoms with E-state index in [-0.39, 0.29) is 24.0 Å². The average molecular weight is 572 g/mol. The number of hydrogen-bond acceptors (Lipinski definition) is 5. The third-order valence-electron chi connectivity index (χ3n) is 5.66. The quantitative estimate of drug-likeness (QED) is 0.176. The summed E-state index contributed by atoms with van der Waals surface area (Å²) in [5, 5.41) is 15.2. The highest BCUT2D eigenvalue weighted by Gasteiger charge is 2.23. The van der Waals surface area contributed by atoms with Gasteiger partial charge in [0, 0.05) is 26.1 Å². The highest BCUT2D eigenvalue weighted by atomic mass is 127. The van der Waals surface area contributed by atoms with Crippen LogP contribution in [0.3, 0.4) is 0 Å². The molecule has 9 heteroatoms. The van der Waals surface area contributed by atoms with Gasteiger partial charge in [-0.2, -0.15) is 11.8 Å². The second-order valence-corrected chi connectivity index (χ2v) is 8.84. The van der Waals surface area contributed by atoms with Crippen LogP contribution in [0.1, 0.15) is 43.6 Å². The fourth-order valence-electron chi connectivity index (χ4n) is 3.97. The van der Waals surface area contributed by atoms with Gasteiger partial charge in [0.15, 0.2) is 5.96 Å². The van der Waals surface area contributed by atoms with Crippen molar-refractivity contribution in [2.45, 2.75) is 45.2 Å². The van der Waals surface area contributed by atoms with Crippen LogP contribution in [0.4, 0.5) is 0 Å². The molecule has 0 spiro atoms. The number of nitrogens with one attached hydrogen (secondary N) is 2. The van der Waals surface area contributed by atoms with Crippen molar-refractivity contribution in [2.24, 2.45) is 4.99 Å². The molecule has 0 amide bonds. The highest BCUT2D eigenvalue weighted by Crippen LogP contribution is 2.25. The molecule has 2 aromatic rings. The predicted molar refractivity (Wildman–Crippen MR) is 146 cm³/mol. The van der Waals surface area contributed by atoms with E-state index < -0.39 is 0 Å². The zero-order valence-electron chi connectivity index (χ0n) is 19.4. The standard InChI is InChI=1S/C23H37N7S.HI/c1-3-22-28-27-19-30(22)16-13-25-23(24-12-9-17-31-2)26-18-21(29-14-7-8-15-29)20-10-5-4-6-11-20;/h4-6,10-11,19,21H,3,7-9,12-18H2,1-2H3,(H2,24,25,26);1H. The first-order valence-electron chi connectivity index (χ1n) is 11.5. The molecule has 1 aromatic heterocycles. The molecule has 3 rings (SSSR count). The van der Waals surface area contributed by atoms with Gasteiger partial charge in [0.1, 0.15) is 12.2 Å². The summed E-state index contributed by atoms with van der Waals surface area (Å²) < 4.78 is 2.11. The summed E-state index contributed by atoms with van der Waals surface area (Å²) in [6.07, 6.45) is 8.54. The van der Waals surface area contributed by atoms with Gasteiger partial charge in [0.05, 0.1) is 12.6 Å². The Balaban J connectivity index is 0.00000363. The first-order chi connectivity index (χ1) is 15.3. The molecule has 0 aliphatic carbocycles. The normalized spacial score (nSPS) is 15.4. The predicted octanol–water partition coefficient (Wildman–Crippen LogP) is 3.58. The molecule has 7 nitrogen and oxygen atoms in total. The lowest BCUT2D eigenvalue weighted by Gasteiger charge is -2.27. The Kier molecular flexibility index (Phi) is 13.0. The van der Waals surface area contributed by atoms with Gasteiger partial charge in [-0.3, -0.25) is 9.89 Å². The summed E-state index contributed by atoms with van der Waals surface area (Å²) in [6.45, 7) is 7.73. The lowest BCUT2D eigenvalue weighted by Crippen LogP contribution is -2.40. The molecule has 2 heterocycles. The van der Waals surface area contributed by atoms with Crippen molar-refractivity contribution >= 4 is 41.7 Å². The molecule has 1 aliphatic heterocycles. The Bertz CT molecular complexity index is 778. The maximum atomic E-state index is 5.01. The van der Waals surface area contributed by atoms with Crippen LogP contribution in [-0.4, -0.2) is 70.4 Å². The van der Waals surface area contributed by atoms with E-state index in [1.165, 1.54) is 18.4 Å². The van der Waals surface area contributed by atoms with Crippen LogP contribution in [0.15, 0.2) is 41.7 Å². The Morgan fingerprint density at radius 1 is 1.16 bits per heavy atom. The fourth-order valence-corrected chi connectivity index (χ4v) is 4.40. The number of aryl methyl sites for hydroxylation is 1. The zero-order valence-corrected chi connectivity index (χ0v) is 22.5. The van der Waals surface area contributed by atoms with Crippen LogP contribution in [0.5, 0.6) is 0 Å². The topological polar surface area (TPSA) is 70.4 Å². The third-order valence-corrected chi connectivity index (χ3v) is 6.36. The van der Waals surface area contributed by atoms with E-state index in [0.717, 1.165) is 69.6 Å². The van der Waals surface area contributed by atoms with E-state index in [2.05, 4.69) is 73.8 Å². The average Bonchev–Trinajstić information content (AvgIpc) is 3.49. The van der Waals surface area contributed by atoms with Crippen LogP contribution >= 0.6 is 35.7 Å². The summed E-state index contributed by atoms with van der Waals surface area (Å²) >= 11 is 1.88. The molecule has 1 aromatic carbocycles. The van der Waals surface area contributed by atoms with Crippen molar-refractivity contribution in [3.63, 3.8) is 0 Å². The van der Waals surface area contributed by atoms with Crippen molar-refractivity contribution in [1.82, 2.24) is 30.3 Å². The molecule has 1 unspecified atom stereocenters. The summed E-state index contributed by atoms with van der Waals surface area (Å²) in [5.41, 5.74) is 1.35. The minimum Gasteiger partial charge on any atom is -0.356 e. The Morgan fingerprint density at radius 3 is 2.62 bits per heavy atom. The van der Waals surface area contributed by atoms with Crippen molar-refractivity contribution in [3.05, 3.63) is 48.0 Å². The van der Waals surface area contributed by atoms with E-state index in [9.17, 15) is 0 Å². The maximum Gasteiger partial charge on any atom is 0.191 e. The zero-order chi connectivity index (χ0) is 21.7.